The molecule has 2 rings (SSSR count). The summed E-state index contributed by atoms with van der Waals surface area (Å²) in [7, 11) is 0. The van der Waals surface area contributed by atoms with Crippen molar-refractivity contribution in [2.45, 2.75) is 13.3 Å². The van der Waals surface area contributed by atoms with Gasteiger partial charge in [-0.25, -0.2) is 0 Å². The van der Waals surface area contributed by atoms with Crippen molar-refractivity contribution in [3.8, 4) is 0 Å². The first-order chi connectivity index (χ1) is 10.0. The third kappa shape index (κ3) is 4.75. The minimum absolute atomic E-state index is 0.0371. The van der Waals surface area contributed by atoms with Crippen molar-refractivity contribution in [1.29, 1.82) is 0 Å². The lowest BCUT2D eigenvalue weighted by atomic mass is 10.3. The number of primary amides is 1. The third-order valence-corrected chi connectivity index (χ3v) is 3.43. The van der Waals surface area contributed by atoms with E-state index >= 15 is 0 Å². The molecule has 21 heavy (non-hydrogen) atoms. The molecule has 0 atom stereocenters. The molecule has 0 unspecified atom stereocenters. The summed E-state index contributed by atoms with van der Waals surface area (Å²) >= 11 is 0. The molecule has 6 heteroatoms. The van der Waals surface area contributed by atoms with Crippen LogP contribution in [0, 0.1) is 6.92 Å². The molecule has 1 saturated heterocycles. The summed E-state index contributed by atoms with van der Waals surface area (Å²) in [5, 5.41) is 0. The van der Waals surface area contributed by atoms with E-state index in [1.807, 2.05) is 24.0 Å². The van der Waals surface area contributed by atoms with E-state index in [1.165, 1.54) is 6.08 Å². The lowest BCUT2D eigenvalue weighted by molar-refractivity contribution is -0.125. The zero-order valence-electron chi connectivity index (χ0n) is 12.2. The van der Waals surface area contributed by atoms with Gasteiger partial charge in [0.1, 0.15) is 11.5 Å². The molecule has 0 spiro atoms. The summed E-state index contributed by atoms with van der Waals surface area (Å²) in [6.07, 6.45) is 4.05. The summed E-state index contributed by atoms with van der Waals surface area (Å²) in [5.74, 6) is 1.12. The zero-order valence-corrected chi connectivity index (χ0v) is 12.2. The molecule has 0 aromatic carbocycles. The molecule has 2 heterocycles. The number of nitrogens with zero attached hydrogens (tertiary/aromatic N) is 2. The van der Waals surface area contributed by atoms with Gasteiger partial charge in [-0.05, 0) is 31.6 Å². The van der Waals surface area contributed by atoms with Crippen LogP contribution in [0.3, 0.4) is 0 Å². The van der Waals surface area contributed by atoms with Crippen molar-refractivity contribution in [1.82, 2.24) is 9.80 Å². The van der Waals surface area contributed by atoms with Gasteiger partial charge in [0, 0.05) is 32.3 Å². The van der Waals surface area contributed by atoms with E-state index in [2.05, 4.69) is 0 Å². The largest absolute Gasteiger partial charge is 0.462 e. The molecule has 1 aromatic rings. The number of hydrogen-bond acceptors (Lipinski definition) is 4. The summed E-state index contributed by atoms with van der Waals surface area (Å²) in [6, 6.07) is 3.69. The van der Waals surface area contributed by atoms with E-state index in [4.69, 9.17) is 10.2 Å². The van der Waals surface area contributed by atoms with Crippen LogP contribution in [0.25, 0.3) is 6.08 Å². The average Bonchev–Trinajstić information content (AvgIpc) is 2.70. The van der Waals surface area contributed by atoms with Crippen molar-refractivity contribution < 1.29 is 14.0 Å². The van der Waals surface area contributed by atoms with Crippen molar-refractivity contribution in [3.63, 3.8) is 0 Å². The molecule has 1 fully saturated rings. The zero-order chi connectivity index (χ0) is 15.2. The lowest BCUT2D eigenvalue weighted by Crippen LogP contribution is -2.37. The topological polar surface area (TPSA) is 79.8 Å². The molecule has 0 aliphatic carbocycles. The number of furan rings is 1. The maximum absolute atomic E-state index is 12.1. The van der Waals surface area contributed by atoms with Crippen LogP contribution in [-0.2, 0) is 9.59 Å². The van der Waals surface area contributed by atoms with Gasteiger partial charge >= 0.3 is 0 Å². The Morgan fingerprint density at radius 1 is 1.29 bits per heavy atom. The SMILES string of the molecule is Cc1ccc(/C=C\C(=O)N2CCCN(CC(N)=O)CC2)o1. The van der Waals surface area contributed by atoms with Gasteiger partial charge in [0.25, 0.3) is 0 Å². The molecule has 6 nitrogen and oxygen atoms in total. The molecule has 1 aliphatic heterocycles. The Labute approximate surface area is 124 Å². The van der Waals surface area contributed by atoms with Crippen LogP contribution in [0.2, 0.25) is 0 Å². The second-order valence-electron chi connectivity index (χ2n) is 5.20. The molecule has 1 aliphatic rings. The van der Waals surface area contributed by atoms with Crippen LogP contribution in [0.4, 0.5) is 0 Å². The number of carbonyl (C=O) groups is 2. The lowest BCUT2D eigenvalue weighted by Gasteiger charge is -2.19. The minimum Gasteiger partial charge on any atom is -0.462 e. The Morgan fingerprint density at radius 3 is 2.76 bits per heavy atom. The molecule has 2 N–H and O–H groups in total. The third-order valence-electron chi connectivity index (χ3n) is 3.43. The number of amides is 2. The van der Waals surface area contributed by atoms with Crippen molar-refractivity contribution in [2.24, 2.45) is 5.73 Å². The van der Waals surface area contributed by atoms with Crippen molar-refractivity contribution in [3.05, 3.63) is 29.7 Å². The molecule has 0 saturated carbocycles. The highest BCUT2D eigenvalue weighted by Gasteiger charge is 2.18. The summed E-state index contributed by atoms with van der Waals surface area (Å²) < 4.78 is 5.39. The van der Waals surface area contributed by atoms with Gasteiger partial charge in [-0.15, -0.1) is 0 Å². The fourth-order valence-corrected chi connectivity index (χ4v) is 2.37. The predicted molar refractivity (Wildman–Crippen MR) is 79.3 cm³/mol. The van der Waals surface area contributed by atoms with Gasteiger partial charge in [-0.1, -0.05) is 0 Å². The Hall–Kier alpha value is -2.08. The minimum atomic E-state index is -0.331. The highest BCUT2D eigenvalue weighted by molar-refractivity contribution is 5.91. The van der Waals surface area contributed by atoms with E-state index in [1.54, 1.807) is 11.0 Å². The predicted octanol–water partition coefficient (Wildman–Crippen LogP) is 0.621. The first kappa shape index (κ1) is 15.3. The maximum atomic E-state index is 12.1. The summed E-state index contributed by atoms with van der Waals surface area (Å²) in [6.45, 7) is 4.87. The van der Waals surface area contributed by atoms with E-state index in [0.717, 1.165) is 18.7 Å². The smallest absolute Gasteiger partial charge is 0.246 e. The van der Waals surface area contributed by atoms with Gasteiger partial charge < -0.3 is 15.1 Å². The van der Waals surface area contributed by atoms with E-state index in [-0.39, 0.29) is 18.4 Å². The Morgan fingerprint density at radius 2 is 2.10 bits per heavy atom. The monoisotopic (exact) mass is 291 g/mol. The van der Waals surface area contributed by atoms with Crippen LogP contribution in [-0.4, -0.2) is 54.3 Å². The van der Waals surface area contributed by atoms with Gasteiger partial charge in [-0.3, -0.25) is 14.5 Å². The quantitative estimate of drug-likeness (QED) is 0.825. The van der Waals surface area contributed by atoms with Gasteiger partial charge in [-0.2, -0.15) is 0 Å². The Bertz CT molecular complexity index is 536. The Balaban J connectivity index is 1.88. The fraction of sp³-hybridized carbons (Fsp3) is 0.467. The van der Waals surface area contributed by atoms with Crippen LogP contribution >= 0.6 is 0 Å². The normalized spacial score (nSPS) is 17.1. The van der Waals surface area contributed by atoms with Crippen LogP contribution in [0.5, 0.6) is 0 Å². The van der Waals surface area contributed by atoms with Crippen LogP contribution in [0.15, 0.2) is 22.6 Å². The molecule has 2 amide bonds. The molecular formula is C15H21N3O3. The standard InChI is InChI=1S/C15H21N3O3/c1-12-3-4-13(21-12)5-6-15(20)18-8-2-7-17(9-10-18)11-14(16)19/h3-6H,2,7-11H2,1H3,(H2,16,19)/b6-5-. The van der Waals surface area contributed by atoms with E-state index in [0.29, 0.717) is 25.4 Å². The molecule has 1 aromatic heterocycles. The average molecular weight is 291 g/mol. The van der Waals surface area contributed by atoms with Gasteiger partial charge in [0.2, 0.25) is 11.8 Å². The van der Waals surface area contributed by atoms with Crippen molar-refractivity contribution in [2.75, 3.05) is 32.7 Å². The van der Waals surface area contributed by atoms with Crippen LogP contribution < -0.4 is 5.73 Å². The fourth-order valence-electron chi connectivity index (χ4n) is 2.37. The van der Waals surface area contributed by atoms with Gasteiger partial charge in [0.15, 0.2) is 0 Å². The highest BCUT2D eigenvalue weighted by atomic mass is 16.3. The first-order valence-electron chi connectivity index (χ1n) is 7.08. The molecule has 0 radical (unpaired) electrons. The number of rotatable bonds is 4. The second-order valence-corrected chi connectivity index (χ2v) is 5.20. The number of hydrogen-bond donors (Lipinski definition) is 1. The number of nitrogens with two attached hydrogens (primary N) is 1. The number of carbonyl (C=O) groups excluding carboxylic acids is 2. The summed E-state index contributed by atoms with van der Waals surface area (Å²) in [5.41, 5.74) is 5.20. The molecule has 0 bridgehead atoms. The van der Waals surface area contributed by atoms with Gasteiger partial charge in [0.05, 0.1) is 6.54 Å². The molecular weight excluding hydrogens is 270 g/mol. The Kier molecular flexibility index (Phi) is 5.16. The van der Waals surface area contributed by atoms with E-state index < -0.39 is 0 Å². The van der Waals surface area contributed by atoms with E-state index in [9.17, 15) is 9.59 Å². The van der Waals surface area contributed by atoms with Crippen molar-refractivity contribution >= 4 is 17.9 Å². The number of aryl methyl sites for hydroxylation is 1. The second kappa shape index (κ2) is 7.08. The highest BCUT2D eigenvalue weighted by Crippen LogP contribution is 2.09. The summed E-state index contributed by atoms with van der Waals surface area (Å²) in [4.78, 5) is 26.8. The first-order valence-corrected chi connectivity index (χ1v) is 7.08. The maximum Gasteiger partial charge on any atom is 0.246 e. The van der Waals surface area contributed by atoms with Crippen LogP contribution in [0.1, 0.15) is 17.9 Å². The molecule has 114 valence electrons.